The molecule has 0 saturated heterocycles. The number of halogens is 3. The van der Waals surface area contributed by atoms with Gasteiger partial charge in [-0.25, -0.2) is 8.78 Å². The highest BCUT2D eigenvalue weighted by Crippen LogP contribution is 2.33. The van der Waals surface area contributed by atoms with Crippen LogP contribution in [0.15, 0.2) is 6.20 Å². The van der Waals surface area contributed by atoms with E-state index in [1.54, 1.807) is 0 Å². The minimum absolute atomic E-state index is 0.490. The fraction of sp³-hybridized carbons (Fsp3) is 0.250. The number of nitrogens with zero attached hydrogens (tertiary/aromatic N) is 2. The topological polar surface area (TPSA) is 93.3 Å². The summed E-state index contributed by atoms with van der Waals surface area (Å²) in [6.45, 7) is 0. The summed E-state index contributed by atoms with van der Waals surface area (Å²) in [6.07, 6.45) is -3.27. The molecule has 0 aliphatic heterocycles. The van der Waals surface area contributed by atoms with Crippen molar-refractivity contribution in [1.82, 2.24) is 4.98 Å². The van der Waals surface area contributed by atoms with E-state index in [0.29, 0.717) is 6.20 Å². The Morgan fingerprint density at radius 1 is 1.65 bits per heavy atom. The summed E-state index contributed by atoms with van der Waals surface area (Å²) in [5, 5.41) is 18.3. The van der Waals surface area contributed by atoms with Crippen molar-refractivity contribution in [3.63, 3.8) is 0 Å². The van der Waals surface area contributed by atoms with Crippen LogP contribution in [-0.4, -0.2) is 21.0 Å². The standard InChI is InChI=1S/C8H5ClF2N2O4/c9-6-3(1-5(14)15)4(7(10)11)2-12-8(6)13(16)17/h2,7H,1H2,(H,14,15). The van der Waals surface area contributed by atoms with Crippen molar-refractivity contribution < 1.29 is 23.6 Å². The maximum atomic E-state index is 12.5. The zero-order valence-electron chi connectivity index (χ0n) is 8.06. The molecule has 1 aromatic heterocycles. The number of carboxylic acids is 1. The van der Waals surface area contributed by atoms with Gasteiger partial charge in [0.25, 0.3) is 6.43 Å². The molecular weight excluding hydrogens is 262 g/mol. The van der Waals surface area contributed by atoms with E-state index in [-0.39, 0.29) is 0 Å². The number of alkyl halides is 2. The van der Waals surface area contributed by atoms with Crippen molar-refractivity contribution in [3.8, 4) is 0 Å². The normalized spacial score (nSPS) is 10.6. The van der Waals surface area contributed by atoms with Gasteiger partial charge >= 0.3 is 11.8 Å². The molecule has 0 fully saturated rings. The van der Waals surface area contributed by atoms with Crippen LogP contribution in [0.3, 0.4) is 0 Å². The Hall–Kier alpha value is -1.83. The lowest BCUT2D eigenvalue weighted by molar-refractivity contribution is -0.389. The van der Waals surface area contributed by atoms with E-state index in [1.165, 1.54) is 0 Å². The molecule has 0 saturated carbocycles. The average Bonchev–Trinajstić information content (AvgIpc) is 2.19. The van der Waals surface area contributed by atoms with Gasteiger partial charge in [-0.1, -0.05) is 11.6 Å². The smallest absolute Gasteiger partial charge is 0.382 e. The molecule has 0 aliphatic rings. The Kier molecular flexibility index (Phi) is 3.89. The fourth-order valence-corrected chi connectivity index (χ4v) is 1.47. The van der Waals surface area contributed by atoms with Gasteiger partial charge in [0.05, 0.1) is 12.0 Å². The van der Waals surface area contributed by atoms with Gasteiger partial charge in [0.2, 0.25) is 0 Å². The second-order valence-electron chi connectivity index (χ2n) is 2.96. The Bertz CT molecular complexity index is 481. The number of hydrogen-bond donors (Lipinski definition) is 1. The summed E-state index contributed by atoms with van der Waals surface area (Å²) in [5.74, 6) is -2.26. The number of aromatic nitrogens is 1. The van der Waals surface area contributed by atoms with Crippen molar-refractivity contribution >= 4 is 23.4 Å². The maximum Gasteiger partial charge on any atom is 0.382 e. The maximum absolute atomic E-state index is 12.5. The molecular formula is C8H5ClF2N2O4. The molecule has 1 rings (SSSR count). The summed E-state index contributed by atoms with van der Waals surface area (Å²) < 4.78 is 25.1. The number of nitro groups is 1. The highest BCUT2D eigenvalue weighted by molar-refractivity contribution is 6.33. The van der Waals surface area contributed by atoms with Gasteiger partial charge in [-0.15, -0.1) is 0 Å². The zero-order chi connectivity index (χ0) is 13.2. The number of aliphatic carboxylic acids is 1. The van der Waals surface area contributed by atoms with E-state index >= 15 is 0 Å². The highest BCUT2D eigenvalue weighted by atomic mass is 35.5. The van der Waals surface area contributed by atoms with Crippen LogP contribution in [0, 0.1) is 10.1 Å². The first-order valence-electron chi connectivity index (χ1n) is 4.16. The summed E-state index contributed by atoms with van der Waals surface area (Å²) >= 11 is 5.50. The summed E-state index contributed by atoms with van der Waals surface area (Å²) in [6, 6.07) is 0. The van der Waals surface area contributed by atoms with Crippen LogP contribution in [0.4, 0.5) is 14.6 Å². The highest BCUT2D eigenvalue weighted by Gasteiger charge is 2.26. The van der Waals surface area contributed by atoms with Crippen LogP contribution in [-0.2, 0) is 11.2 Å². The van der Waals surface area contributed by atoms with Crippen LogP contribution < -0.4 is 0 Å². The molecule has 0 atom stereocenters. The zero-order valence-corrected chi connectivity index (χ0v) is 8.82. The predicted molar refractivity (Wildman–Crippen MR) is 52.2 cm³/mol. The van der Waals surface area contributed by atoms with Crippen molar-refractivity contribution in [2.75, 3.05) is 0 Å². The lowest BCUT2D eigenvalue weighted by Crippen LogP contribution is -2.07. The third-order valence-electron chi connectivity index (χ3n) is 1.87. The summed E-state index contributed by atoms with van der Waals surface area (Å²) in [7, 11) is 0. The Morgan fingerprint density at radius 2 is 2.24 bits per heavy atom. The number of hydrogen-bond acceptors (Lipinski definition) is 4. The summed E-state index contributed by atoms with van der Waals surface area (Å²) in [5.41, 5.74) is -1.21. The Balaban J connectivity index is 3.41. The minimum Gasteiger partial charge on any atom is -0.481 e. The first-order chi connectivity index (χ1) is 7.84. The van der Waals surface area contributed by atoms with E-state index in [2.05, 4.69) is 4.98 Å². The lowest BCUT2D eigenvalue weighted by Gasteiger charge is -2.07. The van der Waals surface area contributed by atoms with Gasteiger partial charge in [-0.3, -0.25) is 4.79 Å². The predicted octanol–water partition coefficient (Wildman–Crippen LogP) is 2.21. The quantitative estimate of drug-likeness (QED) is 0.666. The first kappa shape index (κ1) is 13.2. The molecule has 0 radical (unpaired) electrons. The van der Waals surface area contributed by atoms with Gasteiger partial charge in [0.15, 0.2) is 0 Å². The summed E-state index contributed by atoms with van der Waals surface area (Å²) in [4.78, 5) is 23.1. The van der Waals surface area contributed by atoms with E-state index < -0.39 is 45.7 Å². The number of carbonyl (C=O) groups is 1. The number of pyridine rings is 1. The molecule has 1 N–H and O–H groups in total. The van der Waals surface area contributed by atoms with Gasteiger partial charge < -0.3 is 15.2 Å². The van der Waals surface area contributed by atoms with Gasteiger partial charge in [-0.2, -0.15) is 0 Å². The lowest BCUT2D eigenvalue weighted by atomic mass is 10.1. The average molecular weight is 267 g/mol. The molecule has 0 aromatic carbocycles. The molecule has 0 aliphatic carbocycles. The molecule has 0 bridgehead atoms. The van der Waals surface area contributed by atoms with E-state index in [1.807, 2.05) is 0 Å². The van der Waals surface area contributed by atoms with Crippen LogP contribution in [0.1, 0.15) is 17.6 Å². The second kappa shape index (κ2) is 5.00. The molecule has 1 aromatic rings. The second-order valence-corrected chi connectivity index (χ2v) is 3.34. The molecule has 0 unspecified atom stereocenters. The third kappa shape index (κ3) is 2.84. The molecule has 92 valence electrons. The monoisotopic (exact) mass is 266 g/mol. The molecule has 0 spiro atoms. The minimum atomic E-state index is -3.00. The Labute approximate surface area is 98.0 Å². The van der Waals surface area contributed by atoms with E-state index in [4.69, 9.17) is 16.7 Å². The van der Waals surface area contributed by atoms with E-state index in [9.17, 15) is 23.7 Å². The third-order valence-corrected chi connectivity index (χ3v) is 2.27. The molecule has 6 nitrogen and oxygen atoms in total. The number of carboxylic acid groups (broad SMARTS) is 1. The SMILES string of the molecule is O=C(O)Cc1c(C(F)F)cnc([N+](=O)[O-])c1Cl. The van der Waals surface area contributed by atoms with Crippen molar-refractivity contribution in [2.45, 2.75) is 12.8 Å². The van der Waals surface area contributed by atoms with E-state index in [0.717, 1.165) is 0 Å². The van der Waals surface area contributed by atoms with Crippen molar-refractivity contribution in [3.05, 3.63) is 32.5 Å². The molecule has 0 amide bonds. The van der Waals surface area contributed by atoms with Crippen LogP contribution in [0.5, 0.6) is 0 Å². The Morgan fingerprint density at radius 3 is 2.65 bits per heavy atom. The van der Waals surface area contributed by atoms with Crippen molar-refractivity contribution in [1.29, 1.82) is 0 Å². The van der Waals surface area contributed by atoms with Gasteiger partial charge in [0, 0.05) is 5.56 Å². The van der Waals surface area contributed by atoms with Crippen LogP contribution in [0.25, 0.3) is 0 Å². The largest absolute Gasteiger partial charge is 0.481 e. The molecule has 17 heavy (non-hydrogen) atoms. The van der Waals surface area contributed by atoms with Crippen molar-refractivity contribution in [2.24, 2.45) is 0 Å². The molecule has 9 heteroatoms. The number of rotatable bonds is 4. The fourth-order valence-electron chi connectivity index (χ4n) is 1.17. The molecule has 1 heterocycles. The van der Waals surface area contributed by atoms with Gasteiger partial charge in [0.1, 0.15) is 11.2 Å². The van der Waals surface area contributed by atoms with Gasteiger partial charge in [-0.05, 0) is 9.91 Å². The first-order valence-corrected chi connectivity index (χ1v) is 4.54. The van der Waals surface area contributed by atoms with Crippen LogP contribution >= 0.6 is 11.6 Å². The van der Waals surface area contributed by atoms with Crippen LogP contribution in [0.2, 0.25) is 5.02 Å².